The number of nitrogens with two attached hydrogens (primary N) is 4. The number of carbonyl (C=O) groups is 2. The number of guanidine groups is 2. The molecule has 0 aliphatic rings. The van der Waals surface area contributed by atoms with Gasteiger partial charge in [-0.1, -0.05) is 49.4 Å². The van der Waals surface area contributed by atoms with Crippen LogP contribution in [0.15, 0.2) is 64.6 Å². The number of phenolic OH excluding ortho intramolecular Hbond substituents is 1. The molecule has 3 atom stereocenters. The normalized spacial score (nSPS) is 13.2. The molecule has 0 aromatic heterocycles. The summed E-state index contributed by atoms with van der Waals surface area (Å²) < 4.78 is 0. The smallest absolute Gasteiger partial charge is 0.223 e. The van der Waals surface area contributed by atoms with Crippen molar-refractivity contribution >= 4 is 23.6 Å². The Morgan fingerprint density at radius 3 is 2.06 bits per heavy atom. The summed E-state index contributed by atoms with van der Waals surface area (Å²) in [6.07, 6.45) is 0.748. The van der Waals surface area contributed by atoms with E-state index in [9.17, 15) is 14.7 Å². The molecule has 10 heteroatoms. The molecule has 0 aliphatic heterocycles. The van der Waals surface area contributed by atoms with E-state index in [1.54, 1.807) is 19.1 Å². The monoisotopic (exact) mass is 467 g/mol. The summed E-state index contributed by atoms with van der Waals surface area (Å²) in [4.78, 5) is 33.8. The number of hydrogen-bond acceptors (Lipinski definition) is 5. The number of phenols is 1. The molecule has 0 bridgehead atoms. The molecule has 0 radical (unpaired) electrons. The van der Waals surface area contributed by atoms with Gasteiger partial charge in [0.15, 0.2) is 17.7 Å². The number of nitrogens with one attached hydrogen (secondary N) is 1. The molecule has 0 saturated heterocycles. The Bertz CT molecular complexity index is 999. The standard InChI is InChI=1S/C24H33N7O3/c1-15(11-21(33)20(31-24(27)28)13-17-7-9-19(32)10-8-17)22(34)29-14-18(30-23(25)26)12-16-5-3-2-4-6-16/h2-10,15,18,20,32H,11-14H2,1H3,(H,29,34)(H4,25,26,30)(H4,27,28,31)/t15-,18-,20-/m0/s1. The van der Waals surface area contributed by atoms with E-state index < -0.39 is 12.0 Å². The van der Waals surface area contributed by atoms with Crippen molar-refractivity contribution in [1.29, 1.82) is 0 Å². The molecule has 10 N–H and O–H groups in total. The number of carbonyl (C=O) groups excluding carboxylic acids is 2. The fourth-order valence-electron chi connectivity index (χ4n) is 3.45. The molecule has 0 fully saturated rings. The number of amides is 1. The zero-order valence-electron chi connectivity index (χ0n) is 19.2. The van der Waals surface area contributed by atoms with Crippen molar-refractivity contribution in [2.45, 2.75) is 38.3 Å². The number of rotatable bonds is 12. The van der Waals surface area contributed by atoms with Crippen LogP contribution in [-0.2, 0) is 22.4 Å². The van der Waals surface area contributed by atoms with E-state index in [1.807, 2.05) is 30.3 Å². The van der Waals surface area contributed by atoms with E-state index in [4.69, 9.17) is 22.9 Å². The minimum Gasteiger partial charge on any atom is -0.508 e. The quantitative estimate of drug-likeness (QED) is 0.189. The summed E-state index contributed by atoms with van der Waals surface area (Å²) in [6.45, 7) is 1.88. The van der Waals surface area contributed by atoms with Gasteiger partial charge in [-0.2, -0.15) is 0 Å². The number of hydrogen-bond donors (Lipinski definition) is 6. The number of ketones is 1. The lowest BCUT2D eigenvalue weighted by atomic mass is 9.95. The van der Waals surface area contributed by atoms with Gasteiger partial charge in [-0.05, 0) is 29.7 Å². The van der Waals surface area contributed by atoms with Crippen molar-refractivity contribution < 1.29 is 14.7 Å². The van der Waals surface area contributed by atoms with Crippen LogP contribution in [-0.4, -0.2) is 47.3 Å². The van der Waals surface area contributed by atoms with Gasteiger partial charge in [0.2, 0.25) is 5.91 Å². The molecule has 2 aromatic carbocycles. The summed E-state index contributed by atoms with van der Waals surface area (Å²) in [6, 6.07) is 14.9. The maximum atomic E-state index is 12.9. The highest BCUT2D eigenvalue weighted by Crippen LogP contribution is 2.15. The van der Waals surface area contributed by atoms with Crippen molar-refractivity contribution in [2.75, 3.05) is 6.54 Å². The Morgan fingerprint density at radius 1 is 0.882 bits per heavy atom. The van der Waals surface area contributed by atoms with E-state index in [0.717, 1.165) is 11.1 Å². The van der Waals surface area contributed by atoms with Gasteiger partial charge in [-0.15, -0.1) is 0 Å². The molecule has 2 aromatic rings. The van der Waals surface area contributed by atoms with Gasteiger partial charge < -0.3 is 33.4 Å². The van der Waals surface area contributed by atoms with Gasteiger partial charge in [0.1, 0.15) is 11.8 Å². The maximum Gasteiger partial charge on any atom is 0.223 e. The van der Waals surface area contributed by atoms with Crippen LogP contribution >= 0.6 is 0 Å². The molecule has 0 heterocycles. The minimum absolute atomic E-state index is 0.0446. The first-order chi connectivity index (χ1) is 16.1. The average Bonchev–Trinajstić information content (AvgIpc) is 2.78. The minimum atomic E-state index is -0.836. The Hall–Kier alpha value is -4.08. The van der Waals surface area contributed by atoms with Gasteiger partial charge >= 0.3 is 0 Å². The SMILES string of the molecule is C[C@@H](CC(=O)[C@H](Cc1ccc(O)cc1)N=C(N)N)C(=O)NC[C@H](Cc1ccccc1)N=C(N)N. The second-order valence-corrected chi connectivity index (χ2v) is 8.15. The lowest BCUT2D eigenvalue weighted by molar-refractivity contribution is -0.129. The predicted octanol–water partition coefficient (Wildman–Crippen LogP) is 0.173. The first kappa shape index (κ1) is 26.2. The molecule has 1 amide bonds. The van der Waals surface area contributed by atoms with Crippen molar-refractivity contribution in [1.82, 2.24) is 5.32 Å². The lowest BCUT2D eigenvalue weighted by Gasteiger charge is -2.18. The Kier molecular flexibility index (Phi) is 9.88. The van der Waals surface area contributed by atoms with Crippen molar-refractivity contribution in [3.63, 3.8) is 0 Å². The largest absolute Gasteiger partial charge is 0.508 e. The number of Topliss-reactive ketones (excluding diaryl/α,β-unsaturated/α-hetero) is 1. The molecular formula is C24H33N7O3. The van der Waals surface area contributed by atoms with Crippen LogP contribution in [0.25, 0.3) is 0 Å². The van der Waals surface area contributed by atoms with E-state index in [1.165, 1.54) is 12.1 Å². The highest BCUT2D eigenvalue weighted by atomic mass is 16.3. The van der Waals surface area contributed by atoms with Crippen molar-refractivity contribution in [2.24, 2.45) is 38.8 Å². The summed E-state index contributed by atoms with van der Waals surface area (Å²) in [5.74, 6) is -1.34. The third-order valence-corrected chi connectivity index (χ3v) is 5.15. The predicted molar refractivity (Wildman–Crippen MR) is 133 cm³/mol. The van der Waals surface area contributed by atoms with Gasteiger partial charge in [-0.3, -0.25) is 9.59 Å². The molecule has 0 spiro atoms. The van der Waals surface area contributed by atoms with Gasteiger partial charge in [0.05, 0.1) is 6.04 Å². The summed E-state index contributed by atoms with van der Waals surface area (Å²) >= 11 is 0. The highest BCUT2D eigenvalue weighted by Gasteiger charge is 2.24. The van der Waals surface area contributed by atoms with Crippen LogP contribution in [0, 0.1) is 5.92 Å². The summed E-state index contributed by atoms with van der Waals surface area (Å²) in [5.41, 5.74) is 23.9. The van der Waals surface area contributed by atoms with Crippen molar-refractivity contribution in [3.8, 4) is 5.75 Å². The lowest BCUT2D eigenvalue weighted by Crippen LogP contribution is -2.39. The first-order valence-electron chi connectivity index (χ1n) is 10.9. The molecule has 0 saturated carbocycles. The second-order valence-electron chi connectivity index (χ2n) is 8.15. The summed E-state index contributed by atoms with van der Waals surface area (Å²) in [5, 5.41) is 12.3. The number of benzene rings is 2. The topological polar surface area (TPSA) is 195 Å². The molecule has 0 unspecified atom stereocenters. The van der Waals surface area contributed by atoms with Crippen LogP contribution in [0.4, 0.5) is 0 Å². The van der Waals surface area contributed by atoms with E-state index in [-0.39, 0.29) is 54.8 Å². The molecule has 2 rings (SSSR count). The van der Waals surface area contributed by atoms with Crippen molar-refractivity contribution in [3.05, 3.63) is 65.7 Å². The molecule has 10 nitrogen and oxygen atoms in total. The fraction of sp³-hybridized carbons (Fsp3) is 0.333. The van der Waals surface area contributed by atoms with E-state index >= 15 is 0 Å². The maximum absolute atomic E-state index is 12.9. The second kappa shape index (κ2) is 12.8. The number of aromatic hydroxyl groups is 1. The Balaban J connectivity index is 1.98. The van der Waals surface area contributed by atoms with Crippen LogP contribution in [0.5, 0.6) is 5.75 Å². The zero-order chi connectivity index (χ0) is 25.1. The molecular weight excluding hydrogens is 434 g/mol. The van der Waals surface area contributed by atoms with Gasteiger partial charge in [0.25, 0.3) is 0 Å². The van der Waals surface area contributed by atoms with E-state index in [2.05, 4.69) is 15.3 Å². The van der Waals surface area contributed by atoms with Crippen LogP contribution in [0.2, 0.25) is 0 Å². The van der Waals surface area contributed by atoms with Gasteiger partial charge in [-0.25, -0.2) is 9.98 Å². The molecule has 182 valence electrons. The Labute approximate surface area is 199 Å². The summed E-state index contributed by atoms with van der Waals surface area (Å²) in [7, 11) is 0. The van der Waals surface area contributed by atoms with Crippen LogP contribution < -0.4 is 28.3 Å². The third kappa shape index (κ3) is 9.19. The Morgan fingerprint density at radius 2 is 1.47 bits per heavy atom. The zero-order valence-corrected chi connectivity index (χ0v) is 19.2. The van der Waals surface area contributed by atoms with E-state index in [0.29, 0.717) is 6.42 Å². The third-order valence-electron chi connectivity index (χ3n) is 5.15. The first-order valence-corrected chi connectivity index (χ1v) is 10.9. The highest BCUT2D eigenvalue weighted by molar-refractivity contribution is 5.91. The van der Waals surface area contributed by atoms with Crippen LogP contribution in [0.1, 0.15) is 24.5 Å². The number of aliphatic imine (C=N–C) groups is 2. The fourth-order valence-corrected chi connectivity index (χ4v) is 3.45. The number of nitrogens with zero attached hydrogens (tertiary/aromatic N) is 2. The average molecular weight is 468 g/mol. The van der Waals surface area contributed by atoms with Gasteiger partial charge in [0, 0.05) is 25.3 Å². The van der Waals surface area contributed by atoms with Crippen LogP contribution in [0.3, 0.4) is 0 Å². The molecule has 34 heavy (non-hydrogen) atoms. The molecule has 0 aliphatic carbocycles.